The maximum Gasteiger partial charge on any atom is 0.266 e. The zero-order valence-corrected chi connectivity index (χ0v) is 24.0. The lowest BCUT2D eigenvalue weighted by molar-refractivity contribution is 0.0683. The summed E-state index contributed by atoms with van der Waals surface area (Å²) in [6.45, 7) is 4.25. The van der Waals surface area contributed by atoms with E-state index >= 15 is 0 Å². The minimum absolute atomic E-state index is 0.142. The summed E-state index contributed by atoms with van der Waals surface area (Å²) in [4.78, 5) is 34.8. The van der Waals surface area contributed by atoms with Crippen molar-refractivity contribution in [2.45, 2.75) is 26.3 Å². The van der Waals surface area contributed by atoms with Crippen molar-refractivity contribution in [2.24, 2.45) is 0 Å². The molecule has 0 aliphatic heterocycles. The second-order valence-electron chi connectivity index (χ2n) is 9.43. The Bertz CT molecular complexity index is 1720. The molecule has 1 aromatic heterocycles. The highest BCUT2D eigenvalue weighted by Gasteiger charge is 2.28. The second-order valence-corrected chi connectivity index (χ2v) is 10.8. The molecule has 196 valence electrons. The molecule has 5 aromatic rings. The number of amides is 1. The average Bonchev–Trinajstić information content (AvgIpc) is 2.95. The van der Waals surface area contributed by atoms with E-state index in [0.29, 0.717) is 46.0 Å². The van der Waals surface area contributed by atoms with Crippen LogP contribution in [0, 0.1) is 6.92 Å². The number of carbonyl (C=O) groups is 1. The summed E-state index contributed by atoms with van der Waals surface area (Å²) >= 11 is 9.98. The molecule has 1 atom stereocenters. The number of hydrogen-bond donors (Lipinski definition) is 0. The van der Waals surface area contributed by atoms with Gasteiger partial charge in [0, 0.05) is 21.6 Å². The number of benzene rings is 4. The quantitative estimate of drug-likeness (QED) is 0.194. The van der Waals surface area contributed by atoms with Crippen LogP contribution in [0.1, 0.15) is 40.3 Å². The maximum absolute atomic E-state index is 14.0. The molecule has 4 aromatic carbocycles. The number of para-hydroxylation sites is 1. The third kappa shape index (κ3) is 5.54. The van der Waals surface area contributed by atoms with E-state index in [4.69, 9.17) is 16.6 Å². The predicted octanol–water partition coefficient (Wildman–Crippen LogP) is 7.56. The van der Waals surface area contributed by atoms with Gasteiger partial charge in [0.15, 0.2) is 0 Å². The normalized spacial score (nSPS) is 11.9. The smallest absolute Gasteiger partial charge is 0.266 e. The van der Waals surface area contributed by atoms with Crippen molar-refractivity contribution in [1.82, 2.24) is 14.5 Å². The Hall–Kier alpha value is -3.74. The summed E-state index contributed by atoms with van der Waals surface area (Å²) < 4.78 is 2.43. The first kappa shape index (κ1) is 26.9. The van der Waals surface area contributed by atoms with Gasteiger partial charge in [-0.2, -0.15) is 0 Å². The molecular weight excluding hydrogens is 574 g/mol. The number of rotatable bonds is 7. The molecule has 5 nitrogen and oxygen atoms in total. The second kappa shape index (κ2) is 11.6. The topological polar surface area (TPSA) is 55.2 Å². The zero-order valence-electron chi connectivity index (χ0n) is 21.6. The SMILES string of the molecule is Cc1c(Cl)cccc1-n1c(C(C)N(CCc2ccccc2)C(=O)c2cccc(Br)c2)nc2ccccc2c1=O. The summed E-state index contributed by atoms with van der Waals surface area (Å²) in [5, 5.41) is 1.05. The van der Waals surface area contributed by atoms with Crippen molar-refractivity contribution >= 4 is 44.3 Å². The number of hydrogen-bond acceptors (Lipinski definition) is 3. The van der Waals surface area contributed by atoms with E-state index in [1.54, 1.807) is 27.7 Å². The molecule has 0 bridgehead atoms. The summed E-state index contributed by atoms with van der Waals surface area (Å²) in [6, 6.07) is 29.6. The zero-order chi connectivity index (χ0) is 27.5. The third-order valence-corrected chi connectivity index (χ3v) is 7.84. The highest BCUT2D eigenvalue weighted by Crippen LogP contribution is 2.28. The lowest BCUT2D eigenvalue weighted by Gasteiger charge is -2.31. The van der Waals surface area contributed by atoms with Crippen molar-refractivity contribution in [3.63, 3.8) is 0 Å². The first-order valence-corrected chi connectivity index (χ1v) is 13.9. The summed E-state index contributed by atoms with van der Waals surface area (Å²) in [5.74, 6) is 0.331. The average molecular weight is 601 g/mol. The lowest BCUT2D eigenvalue weighted by Crippen LogP contribution is -2.39. The maximum atomic E-state index is 14.0. The van der Waals surface area contributed by atoms with E-state index < -0.39 is 6.04 Å². The van der Waals surface area contributed by atoms with Gasteiger partial charge in [0.25, 0.3) is 11.5 Å². The van der Waals surface area contributed by atoms with Gasteiger partial charge in [0.05, 0.1) is 22.6 Å². The van der Waals surface area contributed by atoms with Crippen molar-refractivity contribution < 1.29 is 4.79 Å². The minimum atomic E-state index is -0.532. The molecule has 7 heteroatoms. The number of aromatic nitrogens is 2. The summed E-state index contributed by atoms with van der Waals surface area (Å²) in [7, 11) is 0. The Morgan fingerprint density at radius 3 is 2.46 bits per heavy atom. The minimum Gasteiger partial charge on any atom is -0.328 e. The molecular formula is C32H27BrClN3O2. The molecule has 0 saturated heterocycles. The molecule has 1 amide bonds. The third-order valence-electron chi connectivity index (χ3n) is 6.94. The van der Waals surface area contributed by atoms with Crippen LogP contribution in [0.4, 0.5) is 0 Å². The Morgan fingerprint density at radius 1 is 0.974 bits per heavy atom. The van der Waals surface area contributed by atoms with E-state index in [1.165, 1.54) is 0 Å². The van der Waals surface area contributed by atoms with Crippen molar-refractivity contribution in [3.05, 3.63) is 139 Å². The number of fused-ring (bicyclic) bond motifs is 1. The van der Waals surface area contributed by atoms with Gasteiger partial charge in [0.2, 0.25) is 0 Å². The molecule has 1 unspecified atom stereocenters. The van der Waals surface area contributed by atoms with E-state index in [9.17, 15) is 9.59 Å². The molecule has 0 radical (unpaired) electrons. The van der Waals surface area contributed by atoms with E-state index in [1.807, 2.05) is 92.7 Å². The van der Waals surface area contributed by atoms with Crippen LogP contribution in [-0.4, -0.2) is 26.9 Å². The lowest BCUT2D eigenvalue weighted by atomic mass is 10.1. The highest BCUT2D eigenvalue weighted by molar-refractivity contribution is 9.10. The van der Waals surface area contributed by atoms with Gasteiger partial charge in [-0.1, -0.05) is 82.1 Å². The predicted molar refractivity (Wildman–Crippen MR) is 161 cm³/mol. The molecule has 0 N–H and O–H groups in total. The molecule has 39 heavy (non-hydrogen) atoms. The van der Waals surface area contributed by atoms with Crippen LogP contribution in [0.15, 0.2) is 106 Å². The first-order chi connectivity index (χ1) is 18.8. The van der Waals surface area contributed by atoms with Gasteiger partial charge >= 0.3 is 0 Å². The molecule has 0 aliphatic carbocycles. The van der Waals surface area contributed by atoms with Gasteiger partial charge in [-0.3, -0.25) is 14.2 Å². The fourth-order valence-corrected chi connectivity index (χ4v) is 5.36. The molecule has 0 fully saturated rings. The van der Waals surface area contributed by atoms with E-state index in [2.05, 4.69) is 15.9 Å². The van der Waals surface area contributed by atoms with Crippen LogP contribution < -0.4 is 5.56 Å². The molecule has 0 spiro atoms. The standard InChI is InChI=1S/C32H27BrClN3O2/c1-21-27(34)15-9-17-29(21)37-30(35-28-16-7-6-14-26(28)32(37)39)22(2)36(19-18-23-10-4-3-5-11-23)31(38)24-12-8-13-25(33)20-24/h3-17,20,22H,18-19H2,1-2H3. The summed E-state index contributed by atoms with van der Waals surface area (Å²) in [6.07, 6.45) is 0.652. The van der Waals surface area contributed by atoms with Crippen LogP contribution >= 0.6 is 27.5 Å². The Balaban J connectivity index is 1.68. The van der Waals surface area contributed by atoms with Gasteiger partial charge in [-0.05, 0) is 73.9 Å². The fraction of sp³-hybridized carbons (Fsp3) is 0.156. The molecule has 0 saturated carbocycles. The van der Waals surface area contributed by atoms with Crippen LogP contribution in [-0.2, 0) is 6.42 Å². The first-order valence-electron chi connectivity index (χ1n) is 12.7. The van der Waals surface area contributed by atoms with Crippen LogP contribution in [0.2, 0.25) is 5.02 Å². The highest BCUT2D eigenvalue weighted by atomic mass is 79.9. The van der Waals surface area contributed by atoms with Gasteiger partial charge < -0.3 is 4.90 Å². The molecule has 0 aliphatic rings. The van der Waals surface area contributed by atoms with E-state index in [-0.39, 0.29) is 11.5 Å². The monoisotopic (exact) mass is 599 g/mol. The van der Waals surface area contributed by atoms with Crippen LogP contribution in [0.25, 0.3) is 16.6 Å². The van der Waals surface area contributed by atoms with Crippen molar-refractivity contribution in [2.75, 3.05) is 6.54 Å². The van der Waals surface area contributed by atoms with Gasteiger partial charge in [-0.25, -0.2) is 4.98 Å². The number of carbonyl (C=O) groups excluding carboxylic acids is 1. The molecule has 1 heterocycles. The van der Waals surface area contributed by atoms with Crippen molar-refractivity contribution in [1.29, 1.82) is 0 Å². The van der Waals surface area contributed by atoms with Gasteiger partial charge in [-0.15, -0.1) is 0 Å². The van der Waals surface area contributed by atoms with E-state index in [0.717, 1.165) is 15.6 Å². The Kier molecular flexibility index (Phi) is 7.96. The largest absolute Gasteiger partial charge is 0.328 e. The van der Waals surface area contributed by atoms with Crippen LogP contribution in [0.5, 0.6) is 0 Å². The van der Waals surface area contributed by atoms with Crippen LogP contribution in [0.3, 0.4) is 0 Å². The summed E-state index contributed by atoms with van der Waals surface area (Å²) in [5.41, 5.74) is 3.46. The van der Waals surface area contributed by atoms with Crippen molar-refractivity contribution in [3.8, 4) is 5.69 Å². The molecule has 5 rings (SSSR count). The number of nitrogens with zero attached hydrogens (tertiary/aromatic N) is 3. The Morgan fingerprint density at radius 2 is 1.69 bits per heavy atom. The fourth-order valence-electron chi connectivity index (χ4n) is 4.79. The van der Waals surface area contributed by atoms with Gasteiger partial charge in [0.1, 0.15) is 5.82 Å². The number of halogens is 2. The Labute approximate surface area is 240 Å².